The van der Waals surface area contributed by atoms with Crippen molar-refractivity contribution in [2.45, 2.75) is 25.3 Å². The maximum Gasteiger partial charge on any atom is 0.240 e. The molecule has 0 spiro atoms. The molecule has 1 saturated carbocycles. The van der Waals surface area contributed by atoms with Crippen molar-refractivity contribution in [2.75, 3.05) is 0 Å². The molecule has 4 heteroatoms. The molecule has 0 aliphatic heterocycles. The molecule has 0 saturated heterocycles. The topological polar surface area (TPSA) is 72.2 Å². The number of carbonyl (C=O) groups is 2. The van der Waals surface area contributed by atoms with Crippen molar-refractivity contribution in [3.05, 3.63) is 12.7 Å². The molecular formula is C9H14N2O2. The Hall–Kier alpha value is -1.32. The smallest absolute Gasteiger partial charge is 0.240 e. The normalized spacial score (nSPS) is 17.5. The van der Waals surface area contributed by atoms with E-state index in [4.69, 9.17) is 5.73 Å². The maximum atomic E-state index is 11.2. The molecule has 2 amide bonds. The summed E-state index contributed by atoms with van der Waals surface area (Å²) in [6.45, 7) is 3.49. The van der Waals surface area contributed by atoms with Gasteiger partial charge in [0.05, 0.1) is 0 Å². The van der Waals surface area contributed by atoms with Crippen LogP contribution in [0.2, 0.25) is 0 Å². The Kier molecular flexibility index (Phi) is 3.06. The first-order chi connectivity index (χ1) is 6.15. The third-order valence-corrected chi connectivity index (χ3v) is 2.01. The van der Waals surface area contributed by atoms with E-state index in [0.29, 0.717) is 6.42 Å². The molecule has 0 unspecified atom stereocenters. The van der Waals surface area contributed by atoms with Crippen LogP contribution in [0.15, 0.2) is 12.7 Å². The minimum atomic E-state index is -0.592. The highest BCUT2D eigenvalue weighted by molar-refractivity contribution is 5.88. The molecule has 0 bridgehead atoms. The number of rotatable bonds is 5. The van der Waals surface area contributed by atoms with Crippen LogP contribution in [-0.2, 0) is 9.59 Å². The molecule has 13 heavy (non-hydrogen) atoms. The molecule has 4 nitrogen and oxygen atoms in total. The molecule has 0 aromatic rings. The van der Waals surface area contributed by atoms with Crippen LogP contribution >= 0.6 is 0 Å². The van der Waals surface area contributed by atoms with Gasteiger partial charge in [0.1, 0.15) is 6.04 Å². The SMILES string of the molecule is C=CC[C@H](NC(=O)C1CC1)C(N)=O. The second kappa shape index (κ2) is 4.07. The van der Waals surface area contributed by atoms with Gasteiger partial charge in [0.15, 0.2) is 0 Å². The highest BCUT2D eigenvalue weighted by Gasteiger charge is 2.31. The van der Waals surface area contributed by atoms with Crippen LogP contribution < -0.4 is 11.1 Å². The van der Waals surface area contributed by atoms with Crippen LogP contribution in [0.4, 0.5) is 0 Å². The summed E-state index contributed by atoms with van der Waals surface area (Å²) in [4.78, 5) is 22.1. The summed E-state index contributed by atoms with van der Waals surface area (Å²) in [6.07, 6.45) is 3.81. The van der Waals surface area contributed by atoms with Crippen LogP contribution in [0.1, 0.15) is 19.3 Å². The third-order valence-electron chi connectivity index (χ3n) is 2.01. The quantitative estimate of drug-likeness (QED) is 0.585. The van der Waals surface area contributed by atoms with Gasteiger partial charge in [-0.15, -0.1) is 6.58 Å². The Morgan fingerprint density at radius 1 is 1.62 bits per heavy atom. The molecule has 1 aliphatic rings. The Bertz CT molecular complexity index is 234. The van der Waals surface area contributed by atoms with E-state index in [1.165, 1.54) is 0 Å². The van der Waals surface area contributed by atoms with E-state index in [1.54, 1.807) is 6.08 Å². The van der Waals surface area contributed by atoms with Gasteiger partial charge in [0.2, 0.25) is 11.8 Å². The molecule has 1 aliphatic carbocycles. The second-order valence-corrected chi connectivity index (χ2v) is 3.26. The number of primary amides is 1. The summed E-state index contributed by atoms with van der Waals surface area (Å²) >= 11 is 0. The van der Waals surface area contributed by atoms with Gasteiger partial charge in [-0.05, 0) is 19.3 Å². The van der Waals surface area contributed by atoms with E-state index in [2.05, 4.69) is 11.9 Å². The highest BCUT2D eigenvalue weighted by atomic mass is 16.2. The monoisotopic (exact) mass is 182 g/mol. The van der Waals surface area contributed by atoms with Crippen molar-refractivity contribution in [1.82, 2.24) is 5.32 Å². The van der Waals surface area contributed by atoms with Crippen molar-refractivity contribution < 1.29 is 9.59 Å². The molecule has 72 valence electrons. The van der Waals surface area contributed by atoms with Crippen LogP contribution in [-0.4, -0.2) is 17.9 Å². The van der Waals surface area contributed by atoms with Crippen molar-refractivity contribution in [3.8, 4) is 0 Å². The van der Waals surface area contributed by atoms with Gasteiger partial charge >= 0.3 is 0 Å². The Morgan fingerprint density at radius 3 is 2.62 bits per heavy atom. The van der Waals surface area contributed by atoms with Crippen LogP contribution in [0, 0.1) is 5.92 Å². The number of amides is 2. The summed E-state index contributed by atoms with van der Waals surface area (Å²) in [6, 6.07) is -0.592. The molecule has 0 aromatic heterocycles. The Balaban J connectivity index is 2.40. The lowest BCUT2D eigenvalue weighted by molar-refractivity contribution is -0.128. The molecular weight excluding hydrogens is 168 g/mol. The van der Waals surface area contributed by atoms with Gasteiger partial charge in [0.25, 0.3) is 0 Å². The van der Waals surface area contributed by atoms with Crippen LogP contribution in [0.3, 0.4) is 0 Å². The fraction of sp³-hybridized carbons (Fsp3) is 0.556. The zero-order valence-corrected chi connectivity index (χ0v) is 7.45. The largest absolute Gasteiger partial charge is 0.368 e. The highest BCUT2D eigenvalue weighted by Crippen LogP contribution is 2.28. The average molecular weight is 182 g/mol. The van der Waals surface area contributed by atoms with Crippen LogP contribution in [0.25, 0.3) is 0 Å². The number of hydrogen-bond acceptors (Lipinski definition) is 2. The number of nitrogens with one attached hydrogen (secondary N) is 1. The van der Waals surface area contributed by atoms with E-state index in [9.17, 15) is 9.59 Å². The Morgan fingerprint density at radius 2 is 2.23 bits per heavy atom. The standard InChI is InChI=1S/C9H14N2O2/c1-2-3-7(8(10)12)11-9(13)6-4-5-6/h2,6-7H,1,3-5H2,(H2,10,12)(H,11,13)/t7-/m0/s1. The van der Waals surface area contributed by atoms with Gasteiger partial charge in [-0.25, -0.2) is 0 Å². The summed E-state index contributed by atoms with van der Waals surface area (Å²) < 4.78 is 0. The summed E-state index contributed by atoms with van der Waals surface area (Å²) in [5.74, 6) is -0.466. The van der Waals surface area contributed by atoms with Gasteiger partial charge in [-0.2, -0.15) is 0 Å². The van der Waals surface area contributed by atoms with Gasteiger partial charge in [-0.1, -0.05) is 6.08 Å². The lowest BCUT2D eigenvalue weighted by Crippen LogP contribution is -2.44. The van der Waals surface area contributed by atoms with Crippen molar-refractivity contribution in [3.63, 3.8) is 0 Å². The average Bonchev–Trinajstić information content (AvgIpc) is 2.85. The molecule has 1 fully saturated rings. The summed E-state index contributed by atoms with van der Waals surface area (Å²) in [5, 5.41) is 2.59. The third kappa shape index (κ3) is 2.89. The zero-order chi connectivity index (χ0) is 9.84. The number of carbonyl (C=O) groups excluding carboxylic acids is 2. The molecule has 0 aromatic carbocycles. The van der Waals surface area contributed by atoms with Crippen molar-refractivity contribution >= 4 is 11.8 Å². The van der Waals surface area contributed by atoms with Crippen molar-refractivity contribution in [2.24, 2.45) is 11.7 Å². The fourth-order valence-corrected chi connectivity index (χ4v) is 1.05. The zero-order valence-electron chi connectivity index (χ0n) is 7.45. The lowest BCUT2D eigenvalue weighted by atomic mass is 10.2. The molecule has 0 heterocycles. The van der Waals surface area contributed by atoms with E-state index >= 15 is 0 Å². The first-order valence-corrected chi connectivity index (χ1v) is 4.35. The number of hydrogen-bond donors (Lipinski definition) is 2. The minimum absolute atomic E-state index is 0.0642. The second-order valence-electron chi connectivity index (χ2n) is 3.26. The van der Waals surface area contributed by atoms with E-state index in [1.807, 2.05) is 0 Å². The Labute approximate surface area is 77.2 Å². The summed E-state index contributed by atoms with van der Waals surface area (Å²) in [5.41, 5.74) is 5.09. The molecule has 3 N–H and O–H groups in total. The first kappa shape index (κ1) is 9.77. The summed E-state index contributed by atoms with van der Waals surface area (Å²) in [7, 11) is 0. The molecule has 1 atom stereocenters. The minimum Gasteiger partial charge on any atom is -0.368 e. The lowest BCUT2D eigenvalue weighted by Gasteiger charge is -2.12. The predicted molar refractivity (Wildman–Crippen MR) is 48.7 cm³/mol. The van der Waals surface area contributed by atoms with E-state index in [0.717, 1.165) is 12.8 Å². The number of nitrogens with two attached hydrogens (primary N) is 1. The van der Waals surface area contributed by atoms with E-state index < -0.39 is 11.9 Å². The van der Waals surface area contributed by atoms with Crippen molar-refractivity contribution in [1.29, 1.82) is 0 Å². The van der Waals surface area contributed by atoms with Gasteiger partial charge in [0, 0.05) is 5.92 Å². The predicted octanol–water partition coefficient (Wildman–Crippen LogP) is -0.0574. The maximum absolute atomic E-state index is 11.2. The van der Waals surface area contributed by atoms with Gasteiger partial charge < -0.3 is 11.1 Å². The fourth-order valence-electron chi connectivity index (χ4n) is 1.05. The van der Waals surface area contributed by atoms with Crippen LogP contribution in [0.5, 0.6) is 0 Å². The van der Waals surface area contributed by atoms with Gasteiger partial charge in [-0.3, -0.25) is 9.59 Å². The van der Waals surface area contributed by atoms with E-state index in [-0.39, 0.29) is 11.8 Å². The molecule has 1 rings (SSSR count). The first-order valence-electron chi connectivity index (χ1n) is 4.35. The molecule has 0 radical (unpaired) electrons.